The van der Waals surface area contributed by atoms with Crippen molar-refractivity contribution in [3.8, 4) is 0 Å². The molecule has 20 heavy (non-hydrogen) atoms. The predicted molar refractivity (Wildman–Crippen MR) is 83.2 cm³/mol. The fourth-order valence-electron chi connectivity index (χ4n) is 2.24. The second-order valence-corrected chi connectivity index (χ2v) is 5.55. The first-order valence-electron chi connectivity index (χ1n) is 6.54. The summed E-state index contributed by atoms with van der Waals surface area (Å²) in [6.07, 6.45) is 0. The van der Waals surface area contributed by atoms with E-state index in [1.54, 1.807) is 4.90 Å². The summed E-state index contributed by atoms with van der Waals surface area (Å²) in [5.41, 5.74) is 3.95. The Bertz CT molecular complexity index is 637. The molecule has 0 saturated carbocycles. The van der Waals surface area contributed by atoms with Crippen molar-refractivity contribution in [3.63, 3.8) is 0 Å². The molecule has 2 rings (SSSR count). The molecular formula is C17H18ClNO. The maximum atomic E-state index is 12.5. The summed E-state index contributed by atoms with van der Waals surface area (Å²) >= 11 is 5.96. The molecule has 0 saturated heterocycles. The first kappa shape index (κ1) is 14.6. The van der Waals surface area contributed by atoms with Gasteiger partial charge in [0, 0.05) is 24.2 Å². The summed E-state index contributed by atoms with van der Waals surface area (Å²) in [6, 6.07) is 13.5. The second-order valence-electron chi connectivity index (χ2n) is 5.11. The molecule has 0 N–H and O–H groups in total. The molecule has 1 amide bonds. The highest BCUT2D eigenvalue weighted by molar-refractivity contribution is 6.30. The number of aryl methyl sites for hydroxylation is 2. The van der Waals surface area contributed by atoms with Gasteiger partial charge in [0.25, 0.3) is 5.91 Å². The van der Waals surface area contributed by atoms with E-state index in [-0.39, 0.29) is 5.91 Å². The van der Waals surface area contributed by atoms with E-state index in [0.29, 0.717) is 11.6 Å². The third-order valence-electron chi connectivity index (χ3n) is 3.27. The maximum Gasteiger partial charge on any atom is 0.254 e. The van der Waals surface area contributed by atoms with Gasteiger partial charge in [0.1, 0.15) is 0 Å². The SMILES string of the molecule is Cc1ccc(C(=O)N(C)Cc2cccc(Cl)c2)c(C)c1. The van der Waals surface area contributed by atoms with Crippen LogP contribution < -0.4 is 0 Å². The Kier molecular flexibility index (Phi) is 4.46. The minimum atomic E-state index is 0.0301. The summed E-state index contributed by atoms with van der Waals surface area (Å²) in [7, 11) is 1.81. The average molecular weight is 288 g/mol. The molecule has 0 heterocycles. The standard InChI is InChI=1S/C17H18ClNO/c1-12-7-8-16(13(2)9-12)17(20)19(3)11-14-5-4-6-15(18)10-14/h4-10H,11H2,1-3H3. The monoisotopic (exact) mass is 287 g/mol. The van der Waals surface area contributed by atoms with Crippen molar-refractivity contribution >= 4 is 17.5 Å². The Labute approximate surface area is 125 Å². The van der Waals surface area contributed by atoms with Gasteiger partial charge in [-0.25, -0.2) is 0 Å². The van der Waals surface area contributed by atoms with E-state index in [2.05, 4.69) is 0 Å². The topological polar surface area (TPSA) is 20.3 Å². The first-order chi connectivity index (χ1) is 9.47. The van der Waals surface area contributed by atoms with Crippen LogP contribution in [0.1, 0.15) is 27.0 Å². The van der Waals surface area contributed by atoms with Crippen LogP contribution in [0, 0.1) is 13.8 Å². The Morgan fingerprint density at radius 1 is 1.15 bits per heavy atom. The average Bonchev–Trinajstić information content (AvgIpc) is 2.38. The second kappa shape index (κ2) is 6.10. The van der Waals surface area contributed by atoms with E-state index >= 15 is 0 Å². The molecule has 3 heteroatoms. The number of hydrogen-bond acceptors (Lipinski definition) is 1. The number of nitrogens with zero attached hydrogens (tertiary/aromatic N) is 1. The molecule has 0 spiro atoms. The largest absolute Gasteiger partial charge is 0.337 e. The van der Waals surface area contributed by atoms with Gasteiger partial charge in [-0.05, 0) is 43.2 Å². The third kappa shape index (κ3) is 3.40. The number of hydrogen-bond donors (Lipinski definition) is 0. The van der Waals surface area contributed by atoms with Crippen LogP contribution in [0.25, 0.3) is 0 Å². The van der Waals surface area contributed by atoms with Crippen molar-refractivity contribution in [1.29, 1.82) is 0 Å². The zero-order valence-electron chi connectivity index (χ0n) is 12.0. The molecule has 104 valence electrons. The number of halogens is 1. The highest BCUT2D eigenvalue weighted by Gasteiger charge is 2.14. The van der Waals surface area contributed by atoms with E-state index in [0.717, 1.165) is 22.3 Å². The van der Waals surface area contributed by atoms with Crippen LogP contribution in [0.4, 0.5) is 0 Å². The number of carbonyl (C=O) groups excluding carboxylic acids is 1. The fraction of sp³-hybridized carbons (Fsp3) is 0.235. The molecule has 0 bridgehead atoms. The molecule has 0 aliphatic heterocycles. The summed E-state index contributed by atoms with van der Waals surface area (Å²) in [4.78, 5) is 14.2. The minimum absolute atomic E-state index is 0.0301. The van der Waals surface area contributed by atoms with E-state index in [9.17, 15) is 4.79 Å². The molecule has 0 radical (unpaired) electrons. The van der Waals surface area contributed by atoms with Gasteiger partial charge < -0.3 is 4.90 Å². The lowest BCUT2D eigenvalue weighted by atomic mass is 10.0. The van der Waals surface area contributed by atoms with Crippen LogP contribution in [0.2, 0.25) is 5.02 Å². The van der Waals surface area contributed by atoms with Gasteiger partial charge in [0.15, 0.2) is 0 Å². The predicted octanol–water partition coefficient (Wildman–Crippen LogP) is 4.23. The zero-order valence-corrected chi connectivity index (χ0v) is 12.7. The van der Waals surface area contributed by atoms with Gasteiger partial charge in [-0.15, -0.1) is 0 Å². The summed E-state index contributed by atoms with van der Waals surface area (Å²) in [6.45, 7) is 4.54. The van der Waals surface area contributed by atoms with Gasteiger partial charge in [0.05, 0.1) is 0 Å². The molecule has 0 unspecified atom stereocenters. The van der Waals surface area contributed by atoms with Crippen LogP contribution in [-0.4, -0.2) is 17.9 Å². The zero-order chi connectivity index (χ0) is 14.7. The molecule has 2 aromatic rings. The van der Waals surface area contributed by atoms with Gasteiger partial charge in [-0.3, -0.25) is 4.79 Å². The third-order valence-corrected chi connectivity index (χ3v) is 3.50. The first-order valence-corrected chi connectivity index (χ1v) is 6.92. The van der Waals surface area contributed by atoms with Crippen molar-refractivity contribution in [2.24, 2.45) is 0 Å². The van der Waals surface area contributed by atoms with Gasteiger partial charge >= 0.3 is 0 Å². The number of amides is 1. The van der Waals surface area contributed by atoms with Crippen LogP contribution >= 0.6 is 11.6 Å². The molecule has 0 fully saturated rings. The minimum Gasteiger partial charge on any atom is -0.337 e. The van der Waals surface area contributed by atoms with Gasteiger partial charge in [0.2, 0.25) is 0 Å². The Hall–Kier alpha value is -1.80. The van der Waals surface area contributed by atoms with Crippen LogP contribution in [0.15, 0.2) is 42.5 Å². The van der Waals surface area contributed by atoms with Crippen molar-refractivity contribution in [1.82, 2.24) is 4.90 Å². The van der Waals surface area contributed by atoms with E-state index in [1.807, 2.05) is 63.4 Å². The lowest BCUT2D eigenvalue weighted by Crippen LogP contribution is -2.26. The molecular weight excluding hydrogens is 270 g/mol. The van der Waals surface area contributed by atoms with E-state index in [1.165, 1.54) is 0 Å². The molecule has 0 atom stereocenters. The molecule has 0 aromatic heterocycles. The van der Waals surface area contributed by atoms with Gasteiger partial charge in [-0.2, -0.15) is 0 Å². The van der Waals surface area contributed by atoms with E-state index < -0.39 is 0 Å². The highest BCUT2D eigenvalue weighted by atomic mass is 35.5. The number of benzene rings is 2. The molecule has 2 nitrogen and oxygen atoms in total. The highest BCUT2D eigenvalue weighted by Crippen LogP contribution is 2.16. The van der Waals surface area contributed by atoms with Gasteiger partial charge in [-0.1, -0.05) is 41.4 Å². The summed E-state index contributed by atoms with van der Waals surface area (Å²) < 4.78 is 0. The van der Waals surface area contributed by atoms with Crippen molar-refractivity contribution in [2.75, 3.05) is 7.05 Å². The molecule has 0 aliphatic rings. The van der Waals surface area contributed by atoms with E-state index in [4.69, 9.17) is 11.6 Å². The Morgan fingerprint density at radius 3 is 2.55 bits per heavy atom. The van der Waals surface area contributed by atoms with Crippen molar-refractivity contribution in [2.45, 2.75) is 20.4 Å². The maximum absolute atomic E-state index is 12.5. The lowest BCUT2D eigenvalue weighted by Gasteiger charge is -2.19. The van der Waals surface area contributed by atoms with Crippen LogP contribution in [0.5, 0.6) is 0 Å². The van der Waals surface area contributed by atoms with Crippen molar-refractivity contribution in [3.05, 3.63) is 69.7 Å². The summed E-state index contributed by atoms with van der Waals surface area (Å²) in [5.74, 6) is 0.0301. The molecule has 0 aliphatic carbocycles. The van der Waals surface area contributed by atoms with Crippen LogP contribution in [-0.2, 0) is 6.54 Å². The lowest BCUT2D eigenvalue weighted by molar-refractivity contribution is 0.0784. The normalized spacial score (nSPS) is 10.4. The van der Waals surface area contributed by atoms with Crippen LogP contribution in [0.3, 0.4) is 0 Å². The number of carbonyl (C=O) groups is 1. The molecule has 2 aromatic carbocycles. The quantitative estimate of drug-likeness (QED) is 0.827. The Balaban J connectivity index is 2.16. The fourth-order valence-corrected chi connectivity index (χ4v) is 2.45. The Morgan fingerprint density at radius 2 is 1.90 bits per heavy atom. The number of rotatable bonds is 3. The smallest absolute Gasteiger partial charge is 0.254 e. The van der Waals surface area contributed by atoms with Crippen molar-refractivity contribution < 1.29 is 4.79 Å². The summed E-state index contributed by atoms with van der Waals surface area (Å²) in [5, 5.41) is 0.690.